The van der Waals surface area contributed by atoms with E-state index >= 15 is 0 Å². The Morgan fingerprint density at radius 3 is 2.88 bits per heavy atom. The van der Waals surface area contributed by atoms with Gasteiger partial charge in [-0.3, -0.25) is 4.79 Å². The first kappa shape index (κ1) is 14.5. The van der Waals surface area contributed by atoms with Crippen LogP contribution in [0.15, 0.2) is 0 Å². The largest absolute Gasteiger partial charge is 0.372 e. The van der Waals surface area contributed by atoms with Crippen LogP contribution < -0.4 is 5.32 Å². The summed E-state index contributed by atoms with van der Waals surface area (Å²) in [7, 11) is 1.82. The van der Waals surface area contributed by atoms with E-state index in [0.717, 1.165) is 25.4 Å². The summed E-state index contributed by atoms with van der Waals surface area (Å²) in [5, 5.41) is 3.39. The number of carbonyl (C=O) groups excluding carboxylic acids is 1. The fraction of sp³-hybridized carbons (Fsp3) is 0.923. The zero-order valence-corrected chi connectivity index (χ0v) is 11.4. The van der Waals surface area contributed by atoms with Gasteiger partial charge in [0, 0.05) is 19.7 Å². The predicted octanol–water partition coefficient (Wildman–Crippen LogP) is 1.26. The standard InChI is InChI=1S/C13H26N2O2/c1-11(2)15(3)13(16)10-17-8-6-12-5-4-7-14-9-12/h11-12,14H,4-10H2,1-3H3. The lowest BCUT2D eigenvalue weighted by Gasteiger charge is -2.23. The molecule has 1 atom stereocenters. The molecule has 0 spiro atoms. The van der Waals surface area contributed by atoms with E-state index in [0.29, 0.717) is 6.61 Å². The first-order valence-electron chi connectivity index (χ1n) is 6.65. The highest BCUT2D eigenvalue weighted by molar-refractivity contribution is 5.77. The van der Waals surface area contributed by atoms with Crippen LogP contribution in [0.2, 0.25) is 0 Å². The van der Waals surface area contributed by atoms with E-state index in [1.54, 1.807) is 4.90 Å². The summed E-state index contributed by atoms with van der Waals surface area (Å²) in [6.07, 6.45) is 3.61. The molecule has 1 heterocycles. The minimum absolute atomic E-state index is 0.0711. The van der Waals surface area contributed by atoms with Gasteiger partial charge in [0.2, 0.25) is 5.91 Å². The molecule has 1 rings (SSSR count). The van der Waals surface area contributed by atoms with Gasteiger partial charge in [-0.1, -0.05) is 0 Å². The van der Waals surface area contributed by atoms with Gasteiger partial charge in [-0.25, -0.2) is 0 Å². The van der Waals surface area contributed by atoms with Crippen molar-refractivity contribution < 1.29 is 9.53 Å². The maximum atomic E-state index is 11.6. The average Bonchev–Trinajstić information content (AvgIpc) is 2.34. The summed E-state index contributed by atoms with van der Waals surface area (Å²) in [6, 6.07) is 0.244. The van der Waals surface area contributed by atoms with Crippen molar-refractivity contribution in [3.63, 3.8) is 0 Å². The van der Waals surface area contributed by atoms with Crippen molar-refractivity contribution in [2.24, 2.45) is 5.92 Å². The summed E-state index contributed by atoms with van der Waals surface area (Å²) in [6.45, 7) is 7.17. The molecule has 17 heavy (non-hydrogen) atoms. The fourth-order valence-corrected chi connectivity index (χ4v) is 1.97. The monoisotopic (exact) mass is 242 g/mol. The fourth-order valence-electron chi connectivity index (χ4n) is 1.97. The molecular formula is C13H26N2O2. The maximum Gasteiger partial charge on any atom is 0.248 e. The van der Waals surface area contributed by atoms with Gasteiger partial charge in [-0.2, -0.15) is 0 Å². The molecule has 4 nitrogen and oxygen atoms in total. The molecule has 0 bridgehead atoms. The lowest BCUT2D eigenvalue weighted by atomic mass is 9.97. The van der Waals surface area contributed by atoms with Crippen LogP contribution >= 0.6 is 0 Å². The van der Waals surface area contributed by atoms with Crippen molar-refractivity contribution in [1.82, 2.24) is 10.2 Å². The molecule has 4 heteroatoms. The highest BCUT2D eigenvalue weighted by atomic mass is 16.5. The van der Waals surface area contributed by atoms with Crippen LogP contribution in [0.4, 0.5) is 0 Å². The third-order valence-electron chi connectivity index (χ3n) is 3.46. The lowest BCUT2D eigenvalue weighted by molar-refractivity contribution is -0.136. The smallest absolute Gasteiger partial charge is 0.248 e. The van der Waals surface area contributed by atoms with E-state index in [-0.39, 0.29) is 18.6 Å². The number of carbonyl (C=O) groups is 1. The van der Waals surface area contributed by atoms with Crippen molar-refractivity contribution in [3.8, 4) is 0 Å². The van der Waals surface area contributed by atoms with Crippen molar-refractivity contribution in [1.29, 1.82) is 0 Å². The van der Waals surface area contributed by atoms with Gasteiger partial charge in [0.1, 0.15) is 6.61 Å². The molecule has 1 aliphatic rings. The Morgan fingerprint density at radius 2 is 2.29 bits per heavy atom. The van der Waals surface area contributed by atoms with Crippen LogP contribution in [-0.2, 0) is 9.53 Å². The Morgan fingerprint density at radius 1 is 1.53 bits per heavy atom. The lowest BCUT2D eigenvalue weighted by Crippen LogP contribution is -2.36. The number of hydrogen-bond acceptors (Lipinski definition) is 3. The summed E-state index contributed by atoms with van der Waals surface area (Å²) in [4.78, 5) is 13.3. The number of rotatable bonds is 6. The van der Waals surface area contributed by atoms with Gasteiger partial charge >= 0.3 is 0 Å². The molecule has 1 saturated heterocycles. The Hall–Kier alpha value is -0.610. The quantitative estimate of drug-likeness (QED) is 0.713. The van der Waals surface area contributed by atoms with E-state index in [2.05, 4.69) is 5.32 Å². The Labute approximate surface area is 105 Å². The Kier molecular flexibility index (Phi) is 6.52. The highest BCUT2D eigenvalue weighted by Crippen LogP contribution is 2.13. The zero-order chi connectivity index (χ0) is 12.7. The highest BCUT2D eigenvalue weighted by Gasteiger charge is 2.14. The van der Waals surface area contributed by atoms with Gasteiger partial charge in [0.25, 0.3) is 0 Å². The van der Waals surface area contributed by atoms with Crippen molar-refractivity contribution in [2.75, 3.05) is 33.4 Å². The van der Waals surface area contributed by atoms with Crippen LogP contribution in [0, 0.1) is 5.92 Å². The first-order valence-corrected chi connectivity index (χ1v) is 6.65. The number of hydrogen-bond donors (Lipinski definition) is 1. The number of nitrogens with zero attached hydrogens (tertiary/aromatic N) is 1. The number of ether oxygens (including phenoxy) is 1. The minimum Gasteiger partial charge on any atom is -0.372 e. The predicted molar refractivity (Wildman–Crippen MR) is 68.9 cm³/mol. The molecule has 1 aliphatic heterocycles. The van der Waals surface area contributed by atoms with Gasteiger partial charge in [-0.05, 0) is 52.1 Å². The van der Waals surface area contributed by atoms with Crippen LogP contribution in [0.3, 0.4) is 0 Å². The number of amides is 1. The van der Waals surface area contributed by atoms with Crippen molar-refractivity contribution in [3.05, 3.63) is 0 Å². The van der Waals surface area contributed by atoms with E-state index in [9.17, 15) is 4.79 Å². The normalized spacial score (nSPS) is 20.6. The Bertz CT molecular complexity index is 225. The third-order valence-corrected chi connectivity index (χ3v) is 3.46. The van der Waals surface area contributed by atoms with Gasteiger partial charge in [0.05, 0.1) is 0 Å². The van der Waals surface area contributed by atoms with E-state index < -0.39 is 0 Å². The second-order valence-corrected chi connectivity index (χ2v) is 5.15. The van der Waals surface area contributed by atoms with Crippen LogP contribution in [0.5, 0.6) is 0 Å². The second kappa shape index (κ2) is 7.67. The van der Waals surface area contributed by atoms with Crippen LogP contribution in [0.1, 0.15) is 33.1 Å². The SMILES string of the molecule is CC(C)N(C)C(=O)COCCC1CCCNC1. The molecule has 1 fully saturated rings. The van der Waals surface area contributed by atoms with Crippen LogP contribution in [-0.4, -0.2) is 50.2 Å². The van der Waals surface area contributed by atoms with Crippen molar-refractivity contribution in [2.45, 2.75) is 39.2 Å². The van der Waals surface area contributed by atoms with E-state index in [1.165, 1.54) is 12.8 Å². The number of piperidine rings is 1. The average molecular weight is 242 g/mol. The molecule has 100 valence electrons. The number of nitrogens with one attached hydrogen (secondary N) is 1. The van der Waals surface area contributed by atoms with Crippen molar-refractivity contribution >= 4 is 5.91 Å². The minimum atomic E-state index is 0.0711. The van der Waals surface area contributed by atoms with Gasteiger partial charge in [-0.15, -0.1) is 0 Å². The number of likely N-dealkylation sites (N-methyl/N-ethyl adjacent to an activating group) is 1. The molecule has 0 saturated carbocycles. The molecule has 0 aromatic rings. The zero-order valence-electron chi connectivity index (χ0n) is 11.4. The van der Waals surface area contributed by atoms with Gasteiger partial charge < -0.3 is 15.0 Å². The molecule has 0 aromatic carbocycles. The molecular weight excluding hydrogens is 216 g/mol. The third kappa shape index (κ3) is 5.50. The van der Waals surface area contributed by atoms with Crippen LogP contribution in [0.25, 0.3) is 0 Å². The first-order chi connectivity index (χ1) is 8.11. The molecule has 1 N–H and O–H groups in total. The maximum absolute atomic E-state index is 11.6. The molecule has 0 aliphatic carbocycles. The van der Waals surface area contributed by atoms with E-state index in [1.807, 2.05) is 20.9 Å². The molecule has 0 aromatic heterocycles. The van der Waals surface area contributed by atoms with E-state index in [4.69, 9.17) is 4.74 Å². The summed E-state index contributed by atoms with van der Waals surface area (Å²) in [5.74, 6) is 0.795. The summed E-state index contributed by atoms with van der Waals surface area (Å²) < 4.78 is 5.45. The molecule has 0 radical (unpaired) electrons. The summed E-state index contributed by atoms with van der Waals surface area (Å²) >= 11 is 0. The molecule has 1 amide bonds. The topological polar surface area (TPSA) is 41.6 Å². The molecule has 1 unspecified atom stereocenters. The second-order valence-electron chi connectivity index (χ2n) is 5.15. The van der Waals surface area contributed by atoms with Gasteiger partial charge in [0.15, 0.2) is 0 Å². The Balaban J connectivity index is 2.05. The summed E-state index contributed by atoms with van der Waals surface area (Å²) in [5.41, 5.74) is 0.